The van der Waals surface area contributed by atoms with Crippen LogP contribution in [0.4, 0.5) is 0 Å². The molecule has 0 amide bonds. The summed E-state index contributed by atoms with van der Waals surface area (Å²) >= 11 is 0. The molecule has 454 valence electrons. The maximum Gasteiger partial charge on any atom is 0.306 e. The minimum atomic E-state index is -0.780. The number of esters is 3. The first-order valence-electron chi connectivity index (χ1n) is 34.3. The Bertz CT molecular complexity index is 1390. The van der Waals surface area contributed by atoms with Gasteiger partial charge in [0.1, 0.15) is 13.2 Å². The summed E-state index contributed by atoms with van der Waals surface area (Å²) in [6, 6.07) is 0. The van der Waals surface area contributed by atoms with Crippen molar-refractivity contribution >= 4 is 17.9 Å². The summed E-state index contributed by atoms with van der Waals surface area (Å²) in [6.45, 7) is 6.62. The van der Waals surface area contributed by atoms with E-state index in [1.54, 1.807) is 0 Å². The molecule has 0 aromatic carbocycles. The molecule has 1 atom stereocenters. The predicted molar refractivity (Wildman–Crippen MR) is 339 cm³/mol. The molecule has 0 rings (SSSR count). The summed E-state index contributed by atoms with van der Waals surface area (Å²) in [5, 5.41) is 0. The van der Waals surface area contributed by atoms with E-state index in [1.165, 1.54) is 238 Å². The van der Waals surface area contributed by atoms with Crippen molar-refractivity contribution in [1.29, 1.82) is 0 Å². The van der Waals surface area contributed by atoms with E-state index in [4.69, 9.17) is 14.2 Å². The van der Waals surface area contributed by atoms with Gasteiger partial charge in [-0.1, -0.05) is 300 Å². The van der Waals surface area contributed by atoms with E-state index in [1.807, 2.05) is 0 Å². The maximum absolute atomic E-state index is 12.9. The molecule has 0 heterocycles. The molecule has 0 saturated carbocycles. The monoisotopic (exact) mass is 1090 g/mol. The lowest BCUT2D eigenvalue weighted by Crippen LogP contribution is -2.30. The molecule has 0 N–H and O–H groups in total. The molecule has 0 saturated heterocycles. The van der Waals surface area contributed by atoms with Crippen LogP contribution in [0.5, 0.6) is 0 Å². The summed E-state index contributed by atoms with van der Waals surface area (Å²) < 4.78 is 16.9. The molecule has 0 aliphatic heterocycles. The molecule has 0 fully saturated rings. The van der Waals surface area contributed by atoms with Crippen LogP contribution in [-0.4, -0.2) is 37.2 Å². The van der Waals surface area contributed by atoms with E-state index < -0.39 is 6.10 Å². The van der Waals surface area contributed by atoms with Gasteiger partial charge in [0, 0.05) is 19.3 Å². The maximum atomic E-state index is 12.9. The molecule has 0 aromatic heterocycles. The Hall–Kier alpha value is -2.89. The molecule has 1 unspecified atom stereocenters. The summed E-state index contributed by atoms with van der Waals surface area (Å²) in [6.07, 6.45) is 85.4. The van der Waals surface area contributed by atoms with Crippen LogP contribution in [0.2, 0.25) is 0 Å². The van der Waals surface area contributed by atoms with Gasteiger partial charge in [0.25, 0.3) is 0 Å². The molecule has 0 aliphatic rings. The second-order valence-corrected chi connectivity index (χ2v) is 23.1. The van der Waals surface area contributed by atoms with E-state index in [0.717, 1.165) is 83.5 Å². The summed E-state index contributed by atoms with van der Waals surface area (Å²) in [5.74, 6) is -0.877. The lowest BCUT2D eigenvalue weighted by atomic mass is 10.0. The Labute approximate surface area is 485 Å². The zero-order valence-corrected chi connectivity index (χ0v) is 52.2. The highest BCUT2D eigenvalue weighted by atomic mass is 16.6. The largest absolute Gasteiger partial charge is 0.462 e. The SMILES string of the molecule is CCCC/C=C\CCCCCCCC(=O)OCC(COC(=O)CCCCCCCCCCCCCCCCCCCC/C=C\C/C=C\C/C=C\CCCCCCC)OC(=O)CCCCCCC/C=C\CCCCCCCCC. The Balaban J connectivity index is 4.10. The topological polar surface area (TPSA) is 78.9 Å². The molecule has 0 aliphatic carbocycles. The van der Waals surface area contributed by atoms with Crippen LogP contribution < -0.4 is 0 Å². The van der Waals surface area contributed by atoms with Crippen LogP contribution in [0.15, 0.2) is 60.8 Å². The minimum Gasteiger partial charge on any atom is -0.462 e. The quantitative estimate of drug-likeness (QED) is 0.0261. The highest BCUT2D eigenvalue weighted by molar-refractivity contribution is 5.71. The molecule has 78 heavy (non-hydrogen) atoms. The fourth-order valence-electron chi connectivity index (χ4n) is 10.0. The third kappa shape index (κ3) is 63.9. The van der Waals surface area contributed by atoms with Crippen molar-refractivity contribution in [2.24, 2.45) is 0 Å². The summed E-state index contributed by atoms with van der Waals surface area (Å²) in [7, 11) is 0. The number of ether oxygens (including phenoxy) is 3. The van der Waals surface area contributed by atoms with Gasteiger partial charge in [-0.15, -0.1) is 0 Å². The molecule has 0 aromatic rings. The lowest BCUT2D eigenvalue weighted by molar-refractivity contribution is -0.167. The second-order valence-electron chi connectivity index (χ2n) is 23.1. The Morgan fingerprint density at radius 1 is 0.256 bits per heavy atom. The average Bonchev–Trinajstić information content (AvgIpc) is 3.44. The van der Waals surface area contributed by atoms with E-state index in [9.17, 15) is 14.4 Å². The van der Waals surface area contributed by atoms with Gasteiger partial charge in [-0.3, -0.25) is 14.4 Å². The van der Waals surface area contributed by atoms with Crippen molar-refractivity contribution in [3.63, 3.8) is 0 Å². The Morgan fingerprint density at radius 2 is 0.474 bits per heavy atom. The van der Waals surface area contributed by atoms with Crippen LogP contribution >= 0.6 is 0 Å². The predicted octanol–water partition coefficient (Wildman–Crippen LogP) is 23.5. The first-order valence-corrected chi connectivity index (χ1v) is 34.3. The molecule has 0 spiro atoms. The Kier molecular flexibility index (Phi) is 64.2. The first-order chi connectivity index (χ1) is 38.5. The van der Waals surface area contributed by atoms with Gasteiger partial charge in [0.05, 0.1) is 0 Å². The van der Waals surface area contributed by atoms with Gasteiger partial charge in [0.2, 0.25) is 0 Å². The van der Waals surface area contributed by atoms with Crippen LogP contribution in [0.1, 0.15) is 361 Å². The fraction of sp³-hybridized carbons (Fsp3) is 0.819. The van der Waals surface area contributed by atoms with Gasteiger partial charge < -0.3 is 14.2 Å². The third-order valence-electron chi connectivity index (χ3n) is 15.2. The van der Waals surface area contributed by atoms with Crippen molar-refractivity contribution in [1.82, 2.24) is 0 Å². The van der Waals surface area contributed by atoms with Crippen molar-refractivity contribution in [2.45, 2.75) is 367 Å². The van der Waals surface area contributed by atoms with Crippen molar-refractivity contribution in [3.8, 4) is 0 Å². The van der Waals surface area contributed by atoms with Crippen molar-refractivity contribution in [2.75, 3.05) is 13.2 Å². The number of unbranched alkanes of at least 4 members (excludes halogenated alkanes) is 42. The summed E-state index contributed by atoms with van der Waals surface area (Å²) in [4.78, 5) is 38.2. The van der Waals surface area contributed by atoms with E-state index in [0.29, 0.717) is 19.3 Å². The smallest absolute Gasteiger partial charge is 0.306 e. The molecule has 0 radical (unpaired) electrons. The first kappa shape index (κ1) is 75.1. The molecule has 6 heteroatoms. The zero-order valence-electron chi connectivity index (χ0n) is 52.2. The number of rotatable bonds is 63. The van der Waals surface area contributed by atoms with Crippen LogP contribution in [0.3, 0.4) is 0 Å². The minimum absolute atomic E-state index is 0.0766. The number of hydrogen-bond donors (Lipinski definition) is 0. The van der Waals surface area contributed by atoms with Gasteiger partial charge >= 0.3 is 17.9 Å². The molecular formula is C72H130O6. The van der Waals surface area contributed by atoms with E-state index >= 15 is 0 Å². The fourth-order valence-corrected chi connectivity index (χ4v) is 10.0. The number of hydrogen-bond acceptors (Lipinski definition) is 6. The van der Waals surface area contributed by atoms with Crippen LogP contribution in [0, 0.1) is 0 Å². The van der Waals surface area contributed by atoms with Crippen molar-refractivity contribution in [3.05, 3.63) is 60.8 Å². The second kappa shape index (κ2) is 66.6. The van der Waals surface area contributed by atoms with Gasteiger partial charge in [-0.05, 0) is 103 Å². The van der Waals surface area contributed by atoms with E-state index in [2.05, 4.69) is 81.5 Å². The molecular weight excluding hydrogens is 961 g/mol. The lowest BCUT2D eigenvalue weighted by Gasteiger charge is -2.18. The van der Waals surface area contributed by atoms with Crippen molar-refractivity contribution < 1.29 is 28.6 Å². The summed E-state index contributed by atoms with van der Waals surface area (Å²) in [5.41, 5.74) is 0. The molecule has 0 bridgehead atoms. The third-order valence-corrected chi connectivity index (χ3v) is 15.2. The van der Waals surface area contributed by atoms with Gasteiger partial charge in [-0.25, -0.2) is 0 Å². The van der Waals surface area contributed by atoms with Crippen LogP contribution in [0.25, 0.3) is 0 Å². The average molecular weight is 1090 g/mol. The Morgan fingerprint density at radius 3 is 0.769 bits per heavy atom. The number of allylic oxidation sites excluding steroid dienone is 10. The number of carbonyl (C=O) groups excluding carboxylic acids is 3. The standard InChI is InChI=1S/C72H130O6/c1-4-7-10-13-16-19-22-24-26-28-29-30-31-32-33-34-35-36-37-38-39-40-41-42-43-44-46-47-50-53-56-59-62-65-71(74)77-68-69(67-76-70(73)64-61-58-55-52-49-21-18-15-12-9-6-3)78-72(75)66-63-60-57-54-51-48-45-27-25-23-20-17-14-11-8-5-2/h15,18,22,24,27-29,31-32,45,69H,4-14,16-17,19-21,23,25-26,30,33-44,46-68H2,1-3H3/b18-15-,24-22-,29-28-,32-31-,45-27-. The zero-order chi connectivity index (χ0) is 56.4. The van der Waals surface area contributed by atoms with E-state index in [-0.39, 0.29) is 31.1 Å². The normalized spacial score (nSPS) is 12.4. The van der Waals surface area contributed by atoms with Crippen LogP contribution in [-0.2, 0) is 28.6 Å². The molecule has 6 nitrogen and oxygen atoms in total. The van der Waals surface area contributed by atoms with Gasteiger partial charge in [-0.2, -0.15) is 0 Å². The van der Waals surface area contributed by atoms with Gasteiger partial charge in [0.15, 0.2) is 6.10 Å². The highest BCUT2D eigenvalue weighted by Crippen LogP contribution is 2.17. The highest BCUT2D eigenvalue weighted by Gasteiger charge is 2.19. The number of carbonyl (C=O) groups is 3.